The molecule has 0 saturated carbocycles. The first-order chi connectivity index (χ1) is 14.2. The first-order valence-corrected chi connectivity index (χ1v) is 11.9. The van der Waals surface area contributed by atoms with Gasteiger partial charge in [0.05, 0.1) is 6.04 Å². The molecule has 0 aromatic carbocycles. The quantitative estimate of drug-likeness (QED) is 0.717. The molecule has 0 bridgehead atoms. The van der Waals surface area contributed by atoms with Crippen molar-refractivity contribution in [2.24, 2.45) is 0 Å². The van der Waals surface area contributed by atoms with Crippen LogP contribution < -0.4 is 4.90 Å². The summed E-state index contributed by atoms with van der Waals surface area (Å²) >= 11 is 1.92. The van der Waals surface area contributed by atoms with Crippen LogP contribution in [0.4, 0.5) is 5.82 Å². The fraction of sp³-hybridized carbons (Fsp3) is 0.667. The zero-order chi connectivity index (χ0) is 20.1. The van der Waals surface area contributed by atoms with Crippen molar-refractivity contribution in [3.8, 4) is 0 Å². The number of nitrogens with zero attached hydrogens (tertiary/aromatic N) is 5. The van der Waals surface area contributed by atoms with E-state index in [0.717, 1.165) is 76.0 Å². The zero-order valence-corrected chi connectivity index (χ0v) is 17.9. The molecular formula is C21H31N5O2S. The topological polar surface area (TPSA) is 60.0 Å². The fourth-order valence-electron chi connectivity index (χ4n) is 4.49. The van der Waals surface area contributed by atoms with E-state index in [1.165, 1.54) is 0 Å². The molecule has 8 heteroatoms. The summed E-state index contributed by atoms with van der Waals surface area (Å²) < 4.78 is 0. The highest BCUT2D eigenvalue weighted by molar-refractivity contribution is 7.99. The normalized spacial score (nSPS) is 23.4. The largest absolute Gasteiger partial charge is 0.353 e. The van der Waals surface area contributed by atoms with Gasteiger partial charge in [0.2, 0.25) is 11.8 Å². The monoisotopic (exact) mass is 417 g/mol. The molecule has 158 valence electrons. The Morgan fingerprint density at radius 1 is 1.00 bits per heavy atom. The SMILES string of the molecule is O=C(CCN1CCCC1C(=O)N1CCSCC1)N1CCN(c2ccccn2)CC1. The second kappa shape index (κ2) is 9.80. The van der Waals surface area contributed by atoms with Crippen LogP contribution in [0.3, 0.4) is 0 Å². The van der Waals surface area contributed by atoms with Crippen LogP contribution in [0.1, 0.15) is 19.3 Å². The smallest absolute Gasteiger partial charge is 0.239 e. The Labute approximate surface area is 177 Å². The molecule has 1 atom stereocenters. The summed E-state index contributed by atoms with van der Waals surface area (Å²) in [4.78, 5) is 38.5. The van der Waals surface area contributed by atoms with E-state index in [1.54, 1.807) is 0 Å². The Morgan fingerprint density at radius 3 is 2.52 bits per heavy atom. The Morgan fingerprint density at radius 2 is 1.79 bits per heavy atom. The maximum absolute atomic E-state index is 12.9. The summed E-state index contributed by atoms with van der Waals surface area (Å²) in [6.45, 7) is 6.48. The van der Waals surface area contributed by atoms with Gasteiger partial charge in [-0.25, -0.2) is 4.98 Å². The van der Waals surface area contributed by atoms with Gasteiger partial charge in [-0.05, 0) is 31.5 Å². The van der Waals surface area contributed by atoms with Gasteiger partial charge in [-0.3, -0.25) is 14.5 Å². The number of pyridine rings is 1. The molecule has 3 fully saturated rings. The molecule has 29 heavy (non-hydrogen) atoms. The first kappa shape index (κ1) is 20.5. The number of hydrogen-bond donors (Lipinski definition) is 0. The van der Waals surface area contributed by atoms with Gasteiger partial charge in [-0.2, -0.15) is 11.8 Å². The van der Waals surface area contributed by atoms with Crippen molar-refractivity contribution in [1.82, 2.24) is 19.7 Å². The summed E-state index contributed by atoms with van der Waals surface area (Å²) in [6, 6.07) is 5.91. The Kier molecular flexibility index (Phi) is 6.92. The van der Waals surface area contributed by atoms with E-state index in [-0.39, 0.29) is 17.9 Å². The van der Waals surface area contributed by atoms with Crippen molar-refractivity contribution in [2.45, 2.75) is 25.3 Å². The number of anilines is 1. The molecule has 1 unspecified atom stereocenters. The molecule has 3 saturated heterocycles. The van der Waals surface area contributed by atoms with Crippen LogP contribution >= 0.6 is 11.8 Å². The second-order valence-electron chi connectivity index (χ2n) is 7.94. The minimum Gasteiger partial charge on any atom is -0.353 e. The lowest BCUT2D eigenvalue weighted by atomic mass is 10.2. The van der Waals surface area contributed by atoms with Crippen molar-refractivity contribution in [3.63, 3.8) is 0 Å². The summed E-state index contributed by atoms with van der Waals surface area (Å²) in [5.74, 6) is 3.55. The molecule has 3 aliphatic heterocycles. The maximum atomic E-state index is 12.9. The average molecular weight is 418 g/mol. The van der Waals surface area contributed by atoms with Crippen molar-refractivity contribution < 1.29 is 9.59 Å². The number of carbonyl (C=O) groups is 2. The van der Waals surface area contributed by atoms with Crippen molar-refractivity contribution >= 4 is 29.4 Å². The van der Waals surface area contributed by atoms with Crippen molar-refractivity contribution in [2.75, 3.05) is 68.8 Å². The predicted molar refractivity (Wildman–Crippen MR) is 116 cm³/mol. The van der Waals surface area contributed by atoms with E-state index in [9.17, 15) is 9.59 Å². The molecular weight excluding hydrogens is 386 g/mol. The highest BCUT2D eigenvalue weighted by Crippen LogP contribution is 2.22. The predicted octanol–water partition coefficient (Wildman–Crippen LogP) is 1.16. The van der Waals surface area contributed by atoms with Crippen molar-refractivity contribution in [3.05, 3.63) is 24.4 Å². The third-order valence-corrected chi connectivity index (χ3v) is 7.13. The average Bonchev–Trinajstić information content (AvgIpc) is 3.27. The van der Waals surface area contributed by atoms with Gasteiger partial charge in [-0.15, -0.1) is 0 Å². The Hall–Kier alpha value is -1.80. The van der Waals surface area contributed by atoms with Crippen LogP contribution in [-0.2, 0) is 9.59 Å². The van der Waals surface area contributed by atoms with Crippen LogP contribution in [0.5, 0.6) is 0 Å². The van der Waals surface area contributed by atoms with Crippen LogP contribution in [0, 0.1) is 0 Å². The number of piperazine rings is 1. The molecule has 2 amide bonds. The molecule has 7 nitrogen and oxygen atoms in total. The Bertz CT molecular complexity index is 690. The molecule has 0 spiro atoms. The van der Waals surface area contributed by atoms with Crippen LogP contribution in [0.25, 0.3) is 0 Å². The van der Waals surface area contributed by atoms with Crippen molar-refractivity contribution in [1.29, 1.82) is 0 Å². The van der Waals surface area contributed by atoms with Crippen LogP contribution in [0.2, 0.25) is 0 Å². The summed E-state index contributed by atoms with van der Waals surface area (Å²) in [6.07, 6.45) is 4.29. The van der Waals surface area contributed by atoms with Gasteiger partial charge in [-0.1, -0.05) is 6.07 Å². The number of rotatable bonds is 5. The van der Waals surface area contributed by atoms with Crippen LogP contribution in [0.15, 0.2) is 24.4 Å². The molecule has 0 N–H and O–H groups in total. The van der Waals surface area contributed by atoms with E-state index in [4.69, 9.17) is 0 Å². The lowest BCUT2D eigenvalue weighted by molar-refractivity contribution is -0.137. The van der Waals surface area contributed by atoms with Crippen LogP contribution in [-0.4, -0.2) is 101 Å². The van der Waals surface area contributed by atoms with E-state index < -0.39 is 0 Å². The highest BCUT2D eigenvalue weighted by atomic mass is 32.2. The third kappa shape index (κ3) is 5.04. The third-order valence-electron chi connectivity index (χ3n) is 6.19. The van der Waals surface area contributed by atoms with E-state index >= 15 is 0 Å². The van der Waals surface area contributed by atoms with Gasteiger partial charge in [0.25, 0.3) is 0 Å². The van der Waals surface area contributed by atoms with E-state index in [2.05, 4.69) is 14.8 Å². The highest BCUT2D eigenvalue weighted by Gasteiger charge is 2.34. The minimum atomic E-state index is -0.0214. The van der Waals surface area contributed by atoms with Gasteiger partial charge in [0, 0.05) is 69.9 Å². The summed E-state index contributed by atoms with van der Waals surface area (Å²) in [5.41, 5.74) is 0. The second-order valence-corrected chi connectivity index (χ2v) is 9.16. The summed E-state index contributed by atoms with van der Waals surface area (Å²) in [7, 11) is 0. The molecule has 4 rings (SSSR count). The molecule has 3 aliphatic rings. The van der Waals surface area contributed by atoms with Gasteiger partial charge >= 0.3 is 0 Å². The molecule has 4 heterocycles. The number of hydrogen-bond acceptors (Lipinski definition) is 6. The van der Waals surface area contributed by atoms with Gasteiger partial charge in [0.1, 0.15) is 5.82 Å². The van der Waals surface area contributed by atoms with E-state index in [1.807, 2.05) is 46.0 Å². The standard InChI is InChI=1S/C21H31N5O2S/c27-20(25-12-10-24(11-13-25)19-5-1-2-7-22-19)6-9-23-8-3-4-18(23)21(28)26-14-16-29-17-15-26/h1-2,5,7,18H,3-4,6,8-17H2. The van der Waals surface area contributed by atoms with E-state index in [0.29, 0.717) is 13.0 Å². The molecule has 0 radical (unpaired) electrons. The minimum absolute atomic E-state index is 0.0214. The lowest BCUT2D eigenvalue weighted by Gasteiger charge is -2.36. The zero-order valence-electron chi connectivity index (χ0n) is 17.0. The number of amides is 2. The first-order valence-electron chi connectivity index (χ1n) is 10.8. The number of carbonyl (C=O) groups excluding carboxylic acids is 2. The number of thioether (sulfide) groups is 1. The van der Waals surface area contributed by atoms with Gasteiger partial charge in [0.15, 0.2) is 0 Å². The molecule has 1 aromatic heterocycles. The van der Waals surface area contributed by atoms with Gasteiger partial charge < -0.3 is 14.7 Å². The summed E-state index contributed by atoms with van der Waals surface area (Å²) in [5, 5.41) is 0. The lowest BCUT2D eigenvalue weighted by Crippen LogP contribution is -2.51. The molecule has 1 aromatic rings. The maximum Gasteiger partial charge on any atom is 0.239 e. The Balaban J connectivity index is 1.23. The number of likely N-dealkylation sites (tertiary alicyclic amines) is 1. The fourth-order valence-corrected chi connectivity index (χ4v) is 5.39. The molecule has 0 aliphatic carbocycles. The number of aromatic nitrogens is 1.